The maximum atomic E-state index is 6.62. The number of furan rings is 1. The molecule has 0 unspecified atom stereocenters. The lowest BCUT2D eigenvalue weighted by Gasteiger charge is -2.12. The molecule has 3 aromatic heterocycles. The molecule has 14 rings (SSSR count). The molecule has 0 saturated carbocycles. The Hall–Kier alpha value is -8.41. The van der Waals surface area contributed by atoms with E-state index in [0.717, 1.165) is 76.8 Å². The van der Waals surface area contributed by atoms with E-state index in [4.69, 9.17) is 19.4 Å². The largest absolute Gasteiger partial charge is 0.456 e. The van der Waals surface area contributed by atoms with Crippen molar-refractivity contribution in [1.29, 1.82) is 0 Å². The molecule has 5 heteroatoms. The lowest BCUT2D eigenvalue weighted by atomic mass is 9.96. The molecule has 13 aromatic rings. The molecule has 286 valence electrons. The fourth-order valence-corrected chi connectivity index (χ4v) is 10.1. The van der Waals surface area contributed by atoms with Crippen LogP contribution in [0.3, 0.4) is 0 Å². The number of fused-ring (bicyclic) bond motifs is 12. The van der Waals surface area contributed by atoms with Gasteiger partial charge in [0.15, 0.2) is 11.6 Å². The summed E-state index contributed by atoms with van der Waals surface area (Å²) in [4.78, 5) is 15.7. The Labute approximate surface area is 354 Å². The molecular weight excluding hydrogens is 757 g/mol. The van der Waals surface area contributed by atoms with Crippen molar-refractivity contribution in [3.8, 4) is 62.1 Å². The first-order valence-corrected chi connectivity index (χ1v) is 21.0. The van der Waals surface area contributed by atoms with Crippen LogP contribution in [0.2, 0.25) is 0 Å². The predicted octanol–water partition coefficient (Wildman–Crippen LogP) is 15.0. The fraction of sp³-hybridized carbons (Fsp3) is 0. The standard InChI is InChI=1S/C57H32N4O/c1-3-12-35-28-39(22-20-33(35)10-1)55-58-56(40-23-21-34-11-2-4-13-36(34)29-40)60-57(59-55)61-49-19-8-7-16-43(49)46-30-37(24-26-50(46)61)38-25-27-51-48(31-38)54-45-18-9-17-44-41-14-5-6-15-42(41)47(53(44)45)32-52(54)62-51/h1-32H. The van der Waals surface area contributed by atoms with E-state index < -0.39 is 0 Å². The summed E-state index contributed by atoms with van der Waals surface area (Å²) in [6, 6.07) is 69.1. The highest BCUT2D eigenvalue weighted by Crippen LogP contribution is 2.51. The van der Waals surface area contributed by atoms with E-state index in [-0.39, 0.29) is 0 Å². The number of hydrogen-bond acceptors (Lipinski definition) is 4. The Kier molecular flexibility index (Phi) is 6.77. The van der Waals surface area contributed by atoms with E-state index in [1.54, 1.807) is 0 Å². The van der Waals surface area contributed by atoms with Crippen molar-refractivity contribution in [3.05, 3.63) is 194 Å². The Morgan fingerprint density at radius 3 is 1.63 bits per heavy atom. The summed E-state index contributed by atoms with van der Waals surface area (Å²) in [6.45, 7) is 0. The minimum atomic E-state index is 0.571. The van der Waals surface area contributed by atoms with Gasteiger partial charge in [0.25, 0.3) is 0 Å². The summed E-state index contributed by atoms with van der Waals surface area (Å²) in [7, 11) is 0. The lowest BCUT2D eigenvalue weighted by Crippen LogP contribution is -2.06. The number of rotatable bonds is 4. The summed E-state index contributed by atoms with van der Waals surface area (Å²) in [6.07, 6.45) is 0. The van der Waals surface area contributed by atoms with Crippen LogP contribution in [0.5, 0.6) is 0 Å². The molecule has 0 N–H and O–H groups in total. The first kappa shape index (κ1) is 33.4. The van der Waals surface area contributed by atoms with Crippen molar-refractivity contribution < 1.29 is 4.42 Å². The number of nitrogens with zero attached hydrogens (tertiary/aromatic N) is 4. The topological polar surface area (TPSA) is 56.7 Å². The van der Waals surface area contributed by atoms with Crippen LogP contribution in [0.1, 0.15) is 0 Å². The average Bonchev–Trinajstić information content (AvgIpc) is 3.99. The SMILES string of the molecule is c1ccc2c(c1)-c1cccc3c1c-2cc1oc2ccc(-c4ccc5c(c4)c4ccccc4n5-c4nc(-c5ccc6ccccc6c5)nc(-c5ccc6ccccc6c5)n4)cc2c13. The molecule has 1 aliphatic rings. The molecule has 10 aromatic carbocycles. The molecule has 0 fully saturated rings. The van der Waals surface area contributed by atoms with Crippen LogP contribution < -0.4 is 0 Å². The Morgan fingerprint density at radius 2 is 0.887 bits per heavy atom. The van der Waals surface area contributed by atoms with E-state index in [1.165, 1.54) is 43.8 Å². The van der Waals surface area contributed by atoms with Crippen molar-refractivity contribution in [1.82, 2.24) is 19.5 Å². The predicted molar refractivity (Wildman–Crippen MR) is 255 cm³/mol. The number of para-hydroxylation sites is 1. The normalized spacial score (nSPS) is 12.2. The molecule has 62 heavy (non-hydrogen) atoms. The van der Waals surface area contributed by atoms with Crippen LogP contribution >= 0.6 is 0 Å². The van der Waals surface area contributed by atoms with Gasteiger partial charge >= 0.3 is 0 Å². The van der Waals surface area contributed by atoms with Crippen molar-refractivity contribution >= 4 is 76.1 Å². The highest BCUT2D eigenvalue weighted by molar-refractivity contribution is 6.28. The second-order valence-corrected chi connectivity index (χ2v) is 16.4. The van der Waals surface area contributed by atoms with Gasteiger partial charge in [0.05, 0.1) is 11.0 Å². The second kappa shape index (κ2) is 12.6. The molecule has 0 spiro atoms. The molecule has 0 bridgehead atoms. The van der Waals surface area contributed by atoms with E-state index >= 15 is 0 Å². The Morgan fingerprint density at radius 1 is 0.323 bits per heavy atom. The molecule has 0 amide bonds. The fourth-order valence-electron chi connectivity index (χ4n) is 10.1. The van der Waals surface area contributed by atoms with Gasteiger partial charge in [-0.2, -0.15) is 9.97 Å². The summed E-state index contributed by atoms with van der Waals surface area (Å²) in [5.74, 6) is 1.82. The zero-order valence-corrected chi connectivity index (χ0v) is 33.2. The van der Waals surface area contributed by atoms with E-state index in [1.807, 2.05) is 0 Å². The molecule has 0 radical (unpaired) electrons. The molecule has 1 aliphatic carbocycles. The maximum absolute atomic E-state index is 6.62. The van der Waals surface area contributed by atoms with E-state index in [9.17, 15) is 0 Å². The van der Waals surface area contributed by atoms with Gasteiger partial charge in [0, 0.05) is 32.7 Å². The van der Waals surface area contributed by atoms with Crippen molar-refractivity contribution in [2.75, 3.05) is 0 Å². The van der Waals surface area contributed by atoms with Gasteiger partial charge in [0.2, 0.25) is 5.95 Å². The smallest absolute Gasteiger partial charge is 0.238 e. The second-order valence-electron chi connectivity index (χ2n) is 16.4. The zero-order valence-electron chi connectivity index (χ0n) is 33.2. The average molecular weight is 789 g/mol. The first-order valence-electron chi connectivity index (χ1n) is 21.0. The zero-order chi connectivity index (χ0) is 40.5. The molecule has 0 saturated heterocycles. The minimum absolute atomic E-state index is 0.571. The maximum Gasteiger partial charge on any atom is 0.238 e. The minimum Gasteiger partial charge on any atom is -0.456 e. The van der Waals surface area contributed by atoms with Crippen molar-refractivity contribution in [2.24, 2.45) is 0 Å². The van der Waals surface area contributed by atoms with Crippen LogP contribution in [0, 0.1) is 0 Å². The van der Waals surface area contributed by atoms with Crippen LogP contribution in [0.25, 0.3) is 138 Å². The number of hydrogen-bond donors (Lipinski definition) is 0. The van der Waals surface area contributed by atoms with Gasteiger partial charge in [-0.1, -0.05) is 146 Å². The third-order valence-corrected chi connectivity index (χ3v) is 12.9. The van der Waals surface area contributed by atoms with Crippen LogP contribution in [-0.2, 0) is 0 Å². The third kappa shape index (κ3) is 4.82. The van der Waals surface area contributed by atoms with Gasteiger partial charge < -0.3 is 4.42 Å². The quantitative estimate of drug-likeness (QED) is 0.178. The van der Waals surface area contributed by atoms with Crippen molar-refractivity contribution in [2.45, 2.75) is 0 Å². The lowest BCUT2D eigenvalue weighted by molar-refractivity contribution is 0.669. The van der Waals surface area contributed by atoms with Gasteiger partial charge in [-0.25, -0.2) is 4.98 Å². The molecule has 0 atom stereocenters. The van der Waals surface area contributed by atoms with Crippen molar-refractivity contribution in [3.63, 3.8) is 0 Å². The van der Waals surface area contributed by atoms with E-state index in [2.05, 4.69) is 199 Å². The first-order chi connectivity index (χ1) is 30.7. The van der Waals surface area contributed by atoms with Gasteiger partial charge in [-0.05, 0) is 114 Å². The summed E-state index contributed by atoms with van der Waals surface area (Å²) < 4.78 is 8.81. The van der Waals surface area contributed by atoms with Gasteiger partial charge in [-0.15, -0.1) is 0 Å². The molecule has 0 aliphatic heterocycles. The van der Waals surface area contributed by atoms with Crippen LogP contribution in [0.4, 0.5) is 0 Å². The van der Waals surface area contributed by atoms with Crippen LogP contribution in [0.15, 0.2) is 199 Å². The summed E-state index contributed by atoms with van der Waals surface area (Å²) >= 11 is 0. The van der Waals surface area contributed by atoms with Crippen LogP contribution in [-0.4, -0.2) is 19.5 Å². The Bertz CT molecular complexity index is 3960. The highest BCUT2D eigenvalue weighted by atomic mass is 16.3. The molecule has 3 heterocycles. The molecule has 5 nitrogen and oxygen atoms in total. The Balaban J connectivity index is 0.957. The summed E-state index contributed by atoms with van der Waals surface area (Å²) in [5.41, 5.74) is 13.1. The van der Waals surface area contributed by atoms with Gasteiger partial charge in [0.1, 0.15) is 11.2 Å². The monoisotopic (exact) mass is 788 g/mol. The number of aromatic nitrogens is 4. The van der Waals surface area contributed by atoms with Gasteiger partial charge in [-0.3, -0.25) is 4.57 Å². The van der Waals surface area contributed by atoms with E-state index in [0.29, 0.717) is 17.6 Å². The summed E-state index contributed by atoms with van der Waals surface area (Å²) in [5, 5.41) is 11.7. The highest BCUT2D eigenvalue weighted by Gasteiger charge is 2.25. The number of benzene rings is 10. The molecular formula is C57H32N4O. The third-order valence-electron chi connectivity index (χ3n) is 12.9.